The van der Waals surface area contributed by atoms with Gasteiger partial charge in [0.1, 0.15) is 0 Å². The van der Waals surface area contributed by atoms with E-state index in [9.17, 15) is 0 Å². The molecule has 70 valence electrons. The molecule has 2 rings (SSSR count). The van der Waals surface area contributed by atoms with E-state index in [1.165, 1.54) is 30.5 Å². The summed E-state index contributed by atoms with van der Waals surface area (Å²) >= 11 is 0. The van der Waals surface area contributed by atoms with Gasteiger partial charge in [-0.2, -0.15) is 0 Å². The van der Waals surface area contributed by atoms with Gasteiger partial charge in [-0.3, -0.25) is 4.98 Å². The Morgan fingerprint density at radius 3 is 3.08 bits per heavy atom. The summed E-state index contributed by atoms with van der Waals surface area (Å²) in [6, 6.07) is 4.76. The van der Waals surface area contributed by atoms with Crippen LogP contribution in [0.25, 0.3) is 0 Å². The van der Waals surface area contributed by atoms with Crippen molar-refractivity contribution in [3.63, 3.8) is 0 Å². The summed E-state index contributed by atoms with van der Waals surface area (Å²) in [5, 5.41) is 3.54. The topological polar surface area (TPSA) is 24.9 Å². The van der Waals surface area contributed by atoms with E-state index in [0.29, 0.717) is 6.04 Å². The highest BCUT2D eigenvalue weighted by molar-refractivity contribution is 5.22. The van der Waals surface area contributed by atoms with Gasteiger partial charge in [-0.25, -0.2) is 0 Å². The predicted octanol–water partition coefficient (Wildman–Crippen LogP) is 2.20. The maximum absolute atomic E-state index is 4.31. The van der Waals surface area contributed by atoms with Crippen molar-refractivity contribution < 1.29 is 0 Å². The van der Waals surface area contributed by atoms with Crippen molar-refractivity contribution in [3.05, 3.63) is 29.6 Å². The number of nitrogens with one attached hydrogen (secondary N) is 1. The van der Waals surface area contributed by atoms with Crippen LogP contribution < -0.4 is 5.32 Å². The van der Waals surface area contributed by atoms with E-state index in [1.807, 2.05) is 12.3 Å². The van der Waals surface area contributed by atoms with E-state index in [4.69, 9.17) is 0 Å². The van der Waals surface area contributed by atoms with Gasteiger partial charge in [0.15, 0.2) is 0 Å². The molecule has 1 aliphatic heterocycles. The van der Waals surface area contributed by atoms with E-state index in [2.05, 4.69) is 23.3 Å². The molecule has 1 unspecified atom stereocenters. The van der Waals surface area contributed by atoms with Crippen LogP contribution in [0, 0.1) is 6.92 Å². The third-order valence-corrected chi connectivity index (χ3v) is 2.73. The molecule has 1 saturated heterocycles. The van der Waals surface area contributed by atoms with Gasteiger partial charge in [0.25, 0.3) is 0 Å². The monoisotopic (exact) mass is 176 g/mol. The zero-order chi connectivity index (χ0) is 9.10. The first-order chi connectivity index (χ1) is 6.38. The predicted molar refractivity (Wildman–Crippen MR) is 53.6 cm³/mol. The smallest absolute Gasteiger partial charge is 0.0420 e. The first-order valence-corrected chi connectivity index (χ1v) is 5.03. The van der Waals surface area contributed by atoms with E-state index in [-0.39, 0.29) is 0 Å². The Morgan fingerprint density at radius 2 is 2.38 bits per heavy atom. The summed E-state index contributed by atoms with van der Waals surface area (Å²) in [5.74, 6) is 0. The molecule has 1 aromatic heterocycles. The Kier molecular flexibility index (Phi) is 2.60. The van der Waals surface area contributed by atoms with Gasteiger partial charge in [-0.05, 0) is 37.9 Å². The van der Waals surface area contributed by atoms with Crippen LogP contribution >= 0.6 is 0 Å². The fourth-order valence-electron chi connectivity index (χ4n) is 1.98. The van der Waals surface area contributed by atoms with Gasteiger partial charge < -0.3 is 5.32 Å². The maximum atomic E-state index is 4.31. The highest BCUT2D eigenvalue weighted by Gasteiger charge is 2.15. The third kappa shape index (κ3) is 1.89. The van der Waals surface area contributed by atoms with Crippen molar-refractivity contribution in [1.29, 1.82) is 0 Å². The van der Waals surface area contributed by atoms with Crippen LogP contribution in [-0.2, 0) is 0 Å². The summed E-state index contributed by atoms with van der Waals surface area (Å²) < 4.78 is 0. The minimum absolute atomic E-state index is 0.544. The van der Waals surface area contributed by atoms with Crippen molar-refractivity contribution in [2.45, 2.75) is 32.2 Å². The van der Waals surface area contributed by atoms with Crippen molar-refractivity contribution in [1.82, 2.24) is 10.3 Å². The molecule has 1 aliphatic rings. The van der Waals surface area contributed by atoms with Crippen LogP contribution in [0.1, 0.15) is 36.6 Å². The first kappa shape index (κ1) is 8.70. The molecule has 0 bridgehead atoms. The second kappa shape index (κ2) is 3.88. The fourth-order valence-corrected chi connectivity index (χ4v) is 1.98. The van der Waals surface area contributed by atoms with Crippen LogP contribution in [0.2, 0.25) is 0 Å². The Morgan fingerprint density at radius 1 is 1.46 bits per heavy atom. The minimum Gasteiger partial charge on any atom is -0.310 e. The average Bonchev–Trinajstić information content (AvgIpc) is 2.20. The van der Waals surface area contributed by atoms with E-state index < -0.39 is 0 Å². The lowest BCUT2D eigenvalue weighted by molar-refractivity contribution is 0.410. The molecular weight excluding hydrogens is 160 g/mol. The van der Waals surface area contributed by atoms with Crippen molar-refractivity contribution >= 4 is 0 Å². The number of aryl methyl sites for hydroxylation is 1. The van der Waals surface area contributed by atoms with Gasteiger partial charge >= 0.3 is 0 Å². The molecule has 0 saturated carbocycles. The van der Waals surface area contributed by atoms with E-state index >= 15 is 0 Å². The minimum atomic E-state index is 0.544. The number of rotatable bonds is 1. The quantitative estimate of drug-likeness (QED) is 0.709. The number of piperidine rings is 1. The summed E-state index contributed by atoms with van der Waals surface area (Å²) in [6.07, 6.45) is 5.77. The molecule has 0 aliphatic carbocycles. The molecular formula is C11H16N2. The molecule has 2 heteroatoms. The second-order valence-corrected chi connectivity index (χ2v) is 3.68. The molecule has 0 aromatic carbocycles. The summed E-state index contributed by atoms with van der Waals surface area (Å²) in [4.78, 5) is 4.31. The van der Waals surface area contributed by atoms with Crippen LogP contribution in [0.15, 0.2) is 18.3 Å². The summed E-state index contributed by atoms with van der Waals surface area (Å²) in [7, 11) is 0. The summed E-state index contributed by atoms with van der Waals surface area (Å²) in [6.45, 7) is 3.24. The second-order valence-electron chi connectivity index (χ2n) is 3.68. The van der Waals surface area contributed by atoms with Crippen molar-refractivity contribution in [2.24, 2.45) is 0 Å². The van der Waals surface area contributed by atoms with Crippen LogP contribution in [0.5, 0.6) is 0 Å². The normalized spacial score (nSPS) is 23.0. The Bertz CT molecular complexity index is 277. The maximum Gasteiger partial charge on any atom is 0.0420 e. The lowest BCUT2D eigenvalue weighted by atomic mass is 9.97. The van der Waals surface area contributed by atoms with Crippen molar-refractivity contribution in [3.8, 4) is 0 Å². The summed E-state index contributed by atoms with van der Waals surface area (Å²) in [5.41, 5.74) is 2.55. The first-order valence-electron chi connectivity index (χ1n) is 5.03. The zero-order valence-electron chi connectivity index (χ0n) is 8.09. The Hall–Kier alpha value is -0.890. The number of nitrogens with zero attached hydrogens (tertiary/aromatic N) is 1. The molecule has 1 aromatic rings. The fraction of sp³-hybridized carbons (Fsp3) is 0.545. The molecule has 1 N–H and O–H groups in total. The molecule has 2 nitrogen and oxygen atoms in total. The molecule has 13 heavy (non-hydrogen) atoms. The average molecular weight is 176 g/mol. The Labute approximate surface area is 79.4 Å². The molecule has 0 amide bonds. The number of hydrogen-bond acceptors (Lipinski definition) is 2. The lowest BCUT2D eigenvalue weighted by Crippen LogP contribution is -2.27. The molecule has 1 atom stereocenters. The lowest BCUT2D eigenvalue weighted by Gasteiger charge is -2.24. The highest BCUT2D eigenvalue weighted by Crippen LogP contribution is 2.23. The number of aromatic nitrogens is 1. The van der Waals surface area contributed by atoms with Crippen LogP contribution in [0.3, 0.4) is 0 Å². The van der Waals surface area contributed by atoms with Gasteiger partial charge in [-0.1, -0.05) is 12.5 Å². The zero-order valence-corrected chi connectivity index (χ0v) is 8.09. The van der Waals surface area contributed by atoms with Crippen LogP contribution in [0.4, 0.5) is 0 Å². The number of hydrogen-bond donors (Lipinski definition) is 1. The van der Waals surface area contributed by atoms with E-state index in [1.54, 1.807) is 0 Å². The number of pyridine rings is 1. The van der Waals surface area contributed by atoms with Crippen LogP contribution in [-0.4, -0.2) is 11.5 Å². The van der Waals surface area contributed by atoms with Gasteiger partial charge in [0, 0.05) is 17.9 Å². The van der Waals surface area contributed by atoms with E-state index in [0.717, 1.165) is 6.54 Å². The Balaban J connectivity index is 2.18. The molecule has 0 spiro atoms. The third-order valence-electron chi connectivity index (χ3n) is 2.73. The largest absolute Gasteiger partial charge is 0.310 e. The van der Waals surface area contributed by atoms with Gasteiger partial charge in [0.2, 0.25) is 0 Å². The standard InChI is InChI=1S/C11H16N2/c1-9-10(5-4-8-12-9)11-6-2-3-7-13-11/h4-5,8,11,13H,2-3,6-7H2,1H3. The van der Waals surface area contributed by atoms with Crippen molar-refractivity contribution in [2.75, 3.05) is 6.54 Å². The SMILES string of the molecule is Cc1ncccc1C1CCCCN1. The van der Waals surface area contributed by atoms with Gasteiger partial charge in [-0.15, -0.1) is 0 Å². The van der Waals surface area contributed by atoms with Gasteiger partial charge in [0.05, 0.1) is 0 Å². The molecule has 2 heterocycles. The highest BCUT2D eigenvalue weighted by atomic mass is 14.9. The molecule has 1 fully saturated rings. The molecule has 0 radical (unpaired) electrons.